The van der Waals surface area contributed by atoms with Gasteiger partial charge in [-0.1, -0.05) is 19.1 Å². The lowest BCUT2D eigenvalue weighted by molar-refractivity contribution is -0.139. The van der Waals surface area contributed by atoms with Crippen molar-refractivity contribution in [2.24, 2.45) is 0 Å². The number of ketones is 1. The molecule has 0 aliphatic carbocycles. The SMILES string of the molecule is CCCN1C(=O)C(=O)/C(=C(/O)c2cc(OC)ccc2OC)C1c1cccc(OCCCO)c1. The maximum atomic E-state index is 13.1. The summed E-state index contributed by atoms with van der Waals surface area (Å²) in [6.45, 7) is 2.60. The average molecular weight is 456 g/mol. The number of rotatable bonds is 10. The number of carbonyl (C=O) groups is 2. The third-order valence-corrected chi connectivity index (χ3v) is 5.41. The maximum Gasteiger partial charge on any atom is 0.295 e. The lowest BCUT2D eigenvalue weighted by Gasteiger charge is -2.25. The molecular weight excluding hydrogens is 426 g/mol. The van der Waals surface area contributed by atoms with Gasteiger partial charge in [0.05, 0.1) is 38.0 Å². The van der Waals surface area contributed by atoms with Gasteiger partial charge < -0.3 is 29.3 Å². The lowest BCUT2D eigenvalue weighted by atomic mass is 9.94. The van der Waals surface area contributed by atoms with Crippen molar-refractivity contribution in [1.82, 2.24) is 4.90 Å². The van der Waals surface area contributed by atoms with E-state index in [1.54, 1.807) is 42.5 Å². The summed E-state index contributed by atoms with van der Waals surface area (Å²) in [5, 5.41) is 20.3. The van der Waals surface area contributed by atoms with Crippen LogP contribution < -0.4 is 14.2 Å². The van der Waals surface area contributed by atoms with E-state index in [4.69, 9.17) is 19.3 Å². The van der Waals surface area contributed by atoms with Gasteiger partial charge in [-0.15, -0.1) is 0 Å². The van der Waals surface area contributed by atoms with E-state index in [9.17, 15) is 14.7 Å². The minimum absolute atomic E-state index is 0.0126. The molecule has 1 aliphatic heterocycles. The Morgan fingerprint density at radius 2 is 1.85 bits per heavy atom. The first-order valence-electron chi connectivity index (χ1n) is 10.8. The van der Waals surface area contributed by atoms with Crippen LogP contribution in [0.5, 0.6) is 17.2 Å². The Morgan fingerprint density at radius 1 is 1.06 bits per heavy atom. The van der Waals surface area contributed by atoms with Crippen LogP contribution in [0.2, 0.25) is 0 Å². The molecule has 1 saturated heterocycles. The second-order valence-electron chi connectivity index (χ2n) is 7.56. The number of aliphatic hydroxyl groups excluding tert-OH is 2. The molecule has 2 aromatic rings. The molecule has 0 radical (unpaired) electrons. The molecular formula is C25H29NO7. The fourth-order valence-electron chi connectivity index (χ4n) is 3.87. The zero-order valence-electron chi connectivity index (χ0n) is 19.0. The smallest absolute Gasteiger partial charge is 0.295 e. The van der Waals surface area contributed by atoms with Crippen LogP contribution >= 0.6 is 0 Å². The monoisotopic (exact) mass is 455 g/mol. The molecule has 33 heavy (non-hydrogen) atoms. The molecule has 176 valence electrons. The number of aliphatic hydroxyl groups is 2. The van der Waals surface area contributed by atoms with E-state index < -0.39 is 17.7 Å². The van der Waals surface area contributed by atoms with Crippen molar-refractivity contribution in [3.8, 4) is 17.2 Å². The highest BCUT2D eigenvalue weighted by Gasteiger charge is 2.46. The Balaban J connectivity index is 2.16. The third-order valence-electron chi connectivity index (χ3n) is 5.41. The minimum Gasteiger partial charge on any atom is -0.507 e. The van der Waals surface area contributed by atoms with Crippen LogP contribution in [0.3, 0.4) is 0 Å². The average Bonchev–Trinajstić information content (AvgIpc) is 3.08. The van der Waals surface area contributed by atoms with Crippen LogP contribution in [0.15, 0.2) is 48.0 Å². The summed E-state index contributed by atoms with van der Waals surface area (Å²) in [6.07, 6.45) is 1.12. The second-order valence-corrected chi connectivity index (χ2v) is 7.56. The number of nitrogens with zero attached hydrogens (tertiary/aromatic N) is 1. The normalized spacial score (nSPS) is 17.3. The van der Waals surface area contributed by atoms with Gasteiger partial charge in [0.2, 0.25) is 0 Å². The molecule has 2 aromatic carbocycles. The van der Waals surface area contributed by atoms with Crippen LogP contribution in [0.25, 0.3) is 5.76 Å². The van der Waals surface area contributed by atoms with E-state index in [-0.39, 0.29) is 23.5 Å². The van der Waals surface area contributed by atoms with Gasteiger partial charge in [0.25, 0.3) is 11.7 Å². The summed E-state index contributed by atoms with van der Waals surface area (Å²) in [5.41, 5.74) is 0.867. The predicted octanol–water partition coefficient (Wildman–Crippen LogP) is 3.30. The molecule has 0 spiro atoms. The quantitative estimate of drug-likeness (QED) is 0.245. The minimum atomic E-state index is -0.790. The van der Waals surface area contributed by atoms with Gasteiger partial charge >= 0.3 is 0 Å². The van der Waals surface area contributed by atoms with Crippen LogP contribution in [-0.4, -0.2) is 60.8 Å². The van der Waals surface area contributed by atoms with Crippen molar-refractivity contribution in [1.29, 1.82) is 0 Å². The Morgan fingerprint density at radius 3 is 2.52 bits per heavy atom. The van der Waals surface area contributed by atoms with Crippen molar-refractivity contribution in [2.45, 2.75) is 25.8 Å². The third kappa shape index (κ3) is 4.96. The highest BCUT2D eigenvalue weighted by Crippen LogP contribution is 2.42. The molecule has 0 aromatic heterocycles. The molecule has 1 unspecified atom stereocenters. The number of likely N-dealkylation sites (tertiary alicyclic amines) is 1. The Kier molecular flexibility index (Phi) is 7.95. The van der Waals surface area contributed by atoms with Crippen molar-refractivity contribution in [3.05, 3.63) is 59.2 Å². The Hall–Kier alpha value is -3.52. The summed E-state index contributed by atoms with van der Waals surface area (Å²) >= 11 is 0. The lowest BCUT2D eigenvalue weighted by Crippen LogP contribution is -2.30. The second kappa shape index (κ2) is 10.9. The molecule has 3 rings (SSSR count). The van der Waals surface area contributed by atoms with Crippen molar-refractivity contribution >= 4 is 17.4 Å². The number of ether oxygens (including phenoxy) is 3. The van der Waals surface area contributed by atoms with Crippen LogP contribution in [0.1, 0.15) is 36.9 Å². The highest BCUT2D eigenvalue weighted by molar-refractivity contribution is 6.46. The van der Waals surface area contributed by atoms with E-state index in [1.165, 1.54) is 19.1 Å². The van der Waals surface area contributed by atoms with Gasteiger partial charge in [-0.25, -0.2) is 0 Å². The number of methoxy groups -OCH3 is 2. The van der Waals surface area contributed by atoms with Gasteiger partial charge in [0.15, 0.2) is 0 Å². The topological polar surface area (TPSA) is 106 Å². The van der Waals surface area contributed by atoms with Gasteiger partial charge in [-0.2, -0.15) is 0 Å². The van der Waals surface area contributed by atoms with Crippen LogP contribution in [-0.2, 0) is 9.59 Å². The largest absolute Gasteiger partial charge is 0.507 e. The molecule has 1 amide bonds. The zero-order chi connectivity index (χ0) is 24.0. The van der Waals surface area contributed by atoms with Crippen molar-refractivity contribution in [3.63, 3.8) is 0 Å². The van der Waals surface area contributed by atoms with E-state index in [2.05, 4.69) is 0 Å². The number of benzene rings is 2. The van der Waals surface area contributed by atoms with E-state index in [1.807, 2.05) is 6.92 Å². The summed E-state index contributed by atoms with van der Waals surface area (Å²) in [6, 6.07) is 11.1. The van der Waals surface area contributed by atoms with E-state index in [0.29, 0.717) is 48.8 Å². The summed E-state index contributed by atoms with van der Waals surface area (Å²) in [7, 11) is 2.95. The summed E-state index contributed by atoms with van der Waals surface area (Å²) in [5.74, 6) is -0.411. The standard InChI is InChI=1S/C25H29NO7/c1-4-11-26-22(16-7-5-8-18(14-16)33-13-6-12-27)21(24(29)25(26)30)23(28)19-15-17(31-2)9-10-20(19)32-3/h5,7-10,14-15,22,27-28H,4,6,11-13H2,1-3H3/b23-21+. The molecule has 0 saturated carbocycles. The number of carbonyl (C=O) groups excluding carboxylic acids is 2. The fraction of sp³-hybridized carbons (Fsp3) is 0.360. The van der Waals surface area contributed by atoms with E-state index in [0.717, 1.165) is 0 Å². The first-order valence-corrected chi connectivity index (χ1v) is 10.8. The number of hydrogen-bond donors (Lipinski definition) is 2. The number of hydrogen-bond acceptors (Lipinski definition) is 7. The first kappa shape index (κ1) is 24.1. The van der Waals surface area contributed by atoms with Crippen molar-refractivity contribution < 1.29 is 34.0 Å². The molecule has 1 fully saturated rings. The first-order chi connectivity index (χ1) is 16.0. The molecule has 1 atom stereocenters. The number of Topliss-reactive ketones (excluding diaryl/α,β-unsaturated/α-hetero) is 1. The summed E-state index contributed by atoms with van der Waals surface area (Å²) < 4.78 is 16.3. The Labute approximate surface area is 193 Å². The zero-order valence-corrected chi connectivity index (χ0v) is 19.0. The van der Waals surface area contributed by atoms with Crippen LogP contribution in [0.4, 0.5) is 0 Å². The number of amides is 1. The van der Waals surface area contributed by atoms with E-state index >= 15 is 0 Å². The molecule has 1 heterocycles. The Bertz CT molecular complexity index is 1050. The van der Waals surface area contributed by atoms with Gasteiger partial charge in [-0.3, -0.25) is 9.59 Å². The van der Waals surface area contributed by atoms with Gasteiger partial charge in [-0.05, 0) is 42.3 Å². The van der Waals surface area contributed by atoms with Gasteiger partial charge in [0.1, 0.15) is 23.0 Å². The highest BCUT2D eigenvalue weighted by atomic mass is 16.5. The summed E-state index contributed by atoms with van der Waals surface area (Å²) in [4.78, 5) is 27.5. The fourth-order valence-corrected chi connectivity index (χ4v) is 3.87. The maximum absolute atomic E-state index is 13.1. The van der Waals surface area contributed by atoms with Crippen LogP contribution in [0, 0.1) is 0 Å². The molecule has 1 aliphatic rings. The predicted molar refractivity (Wildman–Crippen MR) is 122 cm³/mol. The van der Waals surface area contributed by atoms with Gasteiger partial charge in [0, 0.05) is 19.6 Å². The molecule has 2 N–H and O–H groups in total. The molecule has 8 heteroatoms. The van der Waals surface area contributed by atoms with Crippen molar-refractivity contribution in [2.75, 3.05) is 34.0 Å². The molecule has 0 bridgehead atoms. The molecule has 8 nitrogen and oxygen atoms in total.